The van der Waals surface area contributed by atoms with Crippen LogP contribution in [0.4, 0.5) is 8.78 Å². The number of hydrogen-bond donors (Lipinski definition) is 1. The molecule has 0 heterocycles. The second kappa shape index (κ2) is 5.85. The minimum absolute atomic E-state index is 0.0505. The van der Waals surface area contributed by atoms with Gasteiger partial charge in [0.05, 0.1) is 0 Å². The molecule has 2 aliphatic carbocycles. The Hall–Kier alpha value is -0.180. The molecule has 106 valence electrons. The minimum Gasteiger partial charge on any atom is -0.327 e. The van der Waals surface area contributed by atoms with Crippen LogP contribution in [0.2, 0.25) is 0 Å². The van der Waals surface area contributed by atoms with Gasteiger partial charge in [0.15, 0.2) is 0 Å². The molecule has 0 aromatic rings. The Kier molecular flexibility index (Phi) is 4.63. The van der Waals surface area contributed by atoms with Crippen molar-refractivity contribution in [1.29, 1.82) is 0 Å². The molecule has 3 heteroatoms. The lowest BCUT2D eigenvalue weighted by Crippen LogP contribution is -2.44. The van der Waals surface area contributed by atoms with Gasteiger partial charge in [-0.25, -0.2) is 8.78 Å². The van der Waals surface area contributed by atoms with Gasteiger partial charge in [0.2, 0.25) is 5.92 Å². The fourth-order valence-electron chi connectivity index (χ4n) is 4.05. The van der Waals surface area contributed by atoms with Gasteiger partial charge >= 0.3 is 0 Å². The molecule has 3 unspecified atom stereocenters. The van der Waals surface area contributed by atoms with Gasteiger partial charge in [0, 0.05) is 18.9 Å². The third-order valence-corrected chi connectivity index (χ3v) is 5.29. The van der Waals surface area contributed by atoms with Crippen molar-refractivity contribution in [1.82, 2.24) is 0 Å². The van der Waals surface area contributed by atoms with E-state index in [4.69, 9.17) is 5.73 Å². The molecule has 0 aromatic carbocycles. The molecule has 0 aromatic heterocycles. The van der Waals surface area contributed by atoms with Gasteiger partial charge in [-0.3, -0.25) is 0 Å². The molecule has 18 heavy (non-hydrogen) atoms. The second-order valence-corrected chi connectivity index (χ2v) is 6.39. The molecule has 0 bridgehead atoms. The van der Waals surface area contributed by atoms with Crippen LogP contribution in [0.25, 0.3) is 0 Å². The molecule has 1 nitrogen and oxygen atoms in total. The average molecular weight is 259 g/mol. The fourth-order valence-corrected chi connectivity index (χ4v) is 4.05. The van der Waals surface area contributed by atoms with E-state index in [9.17, 15) is 8.78 Å². The Morgan fingerprint density at radius 2 is 1.72 bits per heavy atom. The fraction of sp³-hybridized carbons (Fsp3) is 1.00. The van der Waals surface area contributed by atoms with E-state index in [-0.39, 0.29) is 18.9 Å². The van der Waals surface area contributed by atoms with Crippen molar-refractivity contribution in [3.05, 3.63) is 0 Å². The van der Waals surface area contributed by atoms with Crippen molar-refractivity contribution in [2.24, 2.45) is 23.5 Å². The van der Waals surface area contributed by atoms with Crippen LogP contribution in [-0.4, -0.2) is 12.0 Å². The first-order chi connectivity index (χ1) is 8.53. The Morgan fingerprint density at radius 3 is 2.33 bits per heavy atom. The van der Waals surface area contributed by atoms with Crippen LogP contribution in [0, 0.1) is 17.8 Å². The highest BCUT2D eigenvalue weighted by molar-refractivity contribution is 4.90. The molecule has 3 atom stereocenters. The number of alkyl halides is 2. The van der Waals surface area contributed by atoms with E-state index in [1.807, 2.05) is 0 Å². The van der Waals surface area contributed by atoms with Crippen LogP contribution in [0.3, 0.4) is 0 Å². The SMILES string of the molecule is CCC1CCCCC1C(N)C1CCC(F)(F)CC1. The molecule has 0 aliphatic heterocycles. The molecular weight excluding hydrogens is 232 g/mol. The van der Waals surface area contributed by atoms with E-state index in [1.165, 1.54) is 32.1 Å². The molecule has 2 aliphatic rings. The lowest BCUT2D eigenvalue weighted by atomic mass is 9.68. The van der Waals surface area contributed by atoms with Crippen molar-refractivity contribution < 1.29 is 8.78 Å². The number of halogens is 2. The van der Waals surface area contributed by atoms with Gasteiger partial charge in [-0.2, -0.15) is 0 Å². The molecular formula is C15H27F2N. The normalized spacial score (nSPS) is 35.3. The van der Waals surface area contributed by atoms with E-state index in [0.29, 0.717) is 24.7 Å². The molecule has 2 N–H and O–H groups in total. The minimum atomic E-state index is -2.42. The molecule has 2 rings (SSSR count). The molecule has 0 amide bonds. The van der Waals surface area contributed by atoms with E-state index >= 15 is 0 Å². The van der Waals surface area contributed by atoms with Gasteiger partial charge in [0.25, 0.3) is 0 Å². The highest BCUT2D eigenvalue weighted by atomic mass is 19.3. The largest absolute Gasteiger partial charge is 0.327 e. The van der Waals surface area contributed by atoms with Crippen molar-refractivity contribution in [2.45, 2.75) is 76.7 Å². The Morgan fingerprint density at radius 1 is 1.11 bits per heavy atom. The van der Waals surface area contributed by atoms with Crippen molar-refractivity contribution in [2.75, 3.05) is 0 Å². The van der Waals surface area contributed by atoms with Gasteiger partial charge in [-0.1, -0.05) is 32.6 Å². The summed E-state index contributed by atoms with van der Waals surface area (Å²) in [6.45, 7) is 2.24. The average Bonchev–Trinajstić information content (AvgIpc) is 2.38. The third kappa shape index (κ3) is 3.23. The summed E-state index contributed by atoms with van der Waals surface area (Å²) in [4.78, 5) is 0. The summed E-state index contributed by atoms with van der Waals surface area (Å²) in [6, 6.07) is 0.159. The lowest BCUT2D eigenvalue weighted by Gasteiger charge is -2.41. The summed E-state index contributed by atoms with van der Waals surface area (Å²) in [5, 5.41) is 0. The van der Waals surface area contributed by atoms with Crippen LogP contribution in [0.5, 0.6) is 0 Å². The van der Waals surface area contributed by atoms with Crippen LogP contribution in [0.1, 0.15) is 64.7 Å². The zero-order valence-electron chi connectivity index (χ0n) is 11.5. The van der Waals surface area contributed by atoms with Crippen molar-refractivity contribution in [3.8, 4) is 0 Å². The zero-order chi connectivity index (χ0) is 13.2. The number of nitrogens with two attached hydrogens (primary N) is 1. The number of rotatable bonds is 3. The zero-order valence-corrected chi connectivity index (χ0v) is 11.5. The lowest BCUT2D eigenvalue weighted by molar-refractivity contribution is -0.0522. The van der Waals surface area contributed by atoms with Crippen molar-refractivity contribution in [3.63, 3.8) is 0 Å². The quantitative estimate of drug-likeness (QED) is 0.801. The maximum atomic E-state index is 13.2. The van der Waals surface area contributed by atoms with Crippen LogP contribution in [-0.2, 0) is 0 Å². The van der Waals surface area contributed by atoms with Crippen molar-refractivity contribution >= 4 is 0 Å². The summed E-state index contributed by atoms with van der Waals surface area (Å²) in [5.74, 6) is -0.772. The van der Waals surface area contributed by atoms with Gasteiger partial charge < -0.3 is 5.73 Å². The summed E-state index contributed by atoms with van der Waals surface area (Å²) in [6.07, 6.45) is 7.65. The summed E-state index contributed by atoms with van der Waals surface area (Å²) in [7, 11) is 0. The monoisotopic (exact) mass is 259 g/mol. The highest BCUT2D eigenvalue weighted by Gasteiger charge is 2.40. The first kappa shape index (κ1) is 14.2. The van der Waals surface area contributed by atoms with E-state index in [0.717, 1.165) is 5.92 Å². The molecule has 2 saturated carbocycles. The molecule has 0 saturated heterocycles. The summed E-state index contributed by atoms with van der Waals surface area (Å²) < 4.78 is 26.4. The predicted octanol–water partition coefficient (Wildman–Crippen LogP) is 4.36. The topological polar surface area (TPSA) is 26.0 Å². The number of hydrogen-bond acceptors (Lipinski definition) is 1. The van der Waals surface area contributed by atoms with Crippen LogP contribution in [0.15, 0.2) is 0 Å². The van der Waals surface area contributed by atoms with Gasteiger partial charge in [-0.15, -0.1) is 0 Å². The van der Waals surface area contributed by atoms with Gasteiger partial charge in [-0.05, 0) is 37.0 Å². The van der Waals surface area contributed by atoms with E-state index in [1.54, 1.807) is 0 Å². The standard InChI is InChI=1S/C15H27F2N/c1-2-11-5-3-4-6-13(11)14(18)12-7-9-15(16,17)10-8-12/h11-14H,2-10,18H2,1H3. The first-order valence-electron chi connectivity index (χ1n) is 7.67. The molecule has 2 fully saturated rings. The Labute approximate surface area is 110 Å². The van der Waals surface area contributed by atoms with E-state index < -0.39 is 5.92 Å². The maximum Gasteiger partial charge on any atom is 0.248 e. The maximum absolute atomic E-state index is 13.2. The van der Waals surface area contributed by atoms with Gasteiger partial charge in [0.1, 0.15) is 0 Å². The predicted molar refractivity (Wildman–Crippen MR) is 70.6 cm³/mol. The molecule has 0 radical (unpaired) electrons. The Balaban J connectivity index is 1.92. The highest BCUT2D eigenvalue weighted by Crippen LogP contribution is 2.42. The third-order valence-electron chi connectivity index (χ3n) is 5.29. The molecule has 0 spiro atoms. The summed E-state index contributed by atoms with van der Waals surface area (Å²) >= 11 is 0. The smallest absolute Gasteiger partial charge is 0.248 e. The van der Waals surface area contributed by atoms with Crippen LogP contribution >= 0.6 is 0 Å². The second-order valence-electron chi connectivity index (χ2n) is 6.39. The van der Waals surface area contributed by atoms with Crippen LogP contribution < -0.4 is 5.73 Å². The van der Waals surface area contributed by atoms with E-state index in [2.05, 4.69) is 6.92 Å². The first-order valence-corrected chi connectivity index (χ1v) is 7.67. The Bertz CT molecular complexity index is 257. The summed E-state index contributed by atoms with van der Waals surface area (Å²) in [5.41, 5.74) is 6.43.